The van der Waals surface area contributed by atoms with E-state index in [4.69, 9.17) is 11.8 Å². The Balaban J connectivity index is 4.62. The molecule has 0 aromatic rings. The van der Waals surface area contributed by atoms with Gasteiger partial charge < -0.3 is 0 Å². The Morgan fingerprint density at radius 3 is 2.20 bits per heavy atom. The summed E-state index contributed by atoms with van der Waals surface area (Å²) in [5.41, 5.74) is 0. The van der Waals surface area contributed by atoms with Crippen LogP contribution in [0.3, 0.4) is 0 Å². The van der Waals surface area contributed by atoms with Crippen LogP contribution >= 0.6 is 23.5 Å². The Kier molecular flexibility index (Phi) is 4.92. The van der Waals surface area contributed by atoms with Crippen molar-refractivity contribution in [1.29, 1.82) is 5.26 Å². The number of hydrogen-bond donors (Lipinski definition) is 0. The summed E-state index contributed by atoms with van der Waals surface area (Å²) in [6.07, 6.45) is 3.58. The minimum absolute atomic E-state index is 0.481. The monoisotopic (exact) mass is 170 g/mol. The summed E-state index contributed by atoms with van der Waals surface area (Å²) in [5, 5.41) is 8.95. The van der Waals surface area contributed by atoms with Crippen LogP contribution in [0.25, 0.3) is 4.85 Å². The topological polar surface area (TPSA) is 28.1 Å². The molecule has 10 heavy (non-hydrogen) atoms. The average Bonchev–Trinajstić information content (AvgIpc) is 2.00. The molecule has 0 saturated carbocycles. The maximum atomic E-state index is 8.47. The minimum Gasteiger partial charge on any atom is -0.229 e. The van der Waals surface area contributed by atoms with Gasteiger partial charge >= 0.3 is 0 Å². The fourth-order valence-electron chi connectivity index (χ4n) is 0.370. The van der Waals surface area contributed by atoms with Gasteiger partial charge in [-0.15, -0.1) is 23.5 Å². The molecule has 52 valence electrons. The molecule has 0 rings (SSSR count). The highest BCUT2D eigenvalue weighted by molar-refractivity contribution is 8.06. The van der Waals surface area contributed by atoms with Crippen molar-refractivity contribution in [2.45, 2.75) is 0 Å². The maximum Gasteiger partial charge on any atom is 0.244 e. The Bertz CT molecular complexity index is 195. The van der Waals surface area contributed by atoms with Crippen LogP contribution in [0.5, 0.6) is 0 Å². The third kappa shape index (κ3) is 2.34. The molecule has 0 bridgehead atoms. The summed E-state index contributed by atoms with van der Waals surface area (Å²) in [7, 11) is 0. The molecule has 0 aromatic heterocycles. The van der Waals surface area contributed by atoms with Crippen LogP contribution in [0.2, 0.25) is 0 Å². The molecule has 0 atom stereocenters. The molecule has 0 saturated heterocycles. The zero-order valence-electron chi connectivity index (χ0n) is 5.71. The summed E-state index contributed by atoms with van der Waals surface area (Å²) < 4.78 is 0. The molecule has 0 aliphatic rings. The highest BCUT2D eigenvalue weighted by Gasteiger charge is 2.01. The Morgan fingerprint density at radius 2 is 2.10 bits per heavy atom. The average molecular weight is 170 g/mol. The van der Waals surface area contributed by atoms with E-state index in [1.807, 2.05) is 6.07 Å². The van der Waals surface area contributed by atoms with Crippen LogP contribution in [0, 0.1) is 17.9 Å². The predicted molar refractivity (Wildman–Crippen MR) is 46.3 cm³/mol. The minimum atomic E-state index is 0.481. The van der Waals surface area contributed by atoms with Gasteiger partial charge in [0.2, 0.25) is 5.03 Å². The molecule has 0 amide bonds. The molecular formula is C6H6N2S2. The van der Waals surface area contributed by atoms with Crippen molar-refractivity contribution >= 4 is 23.5 Å². The summed E-state index contributed by atoms with van der Waals surface area (Å²) >= 11 is 2.62. The summed E-state index contributed by atoms with van der Waals surface area (Å²) in [5.74, 6) is 0. The number of nitrogens with zero attached hydrogens (tertiary/aromatic N) is 2. The predicted octanol–water partition coefficient (Wildman–Crippen LogP) is 2.32. The van der Waals surface area contributed by atoms with E-state index >= 15 is 0 Å². The first kappa shape index (κ1) is 9.42. The zero-order valence-corrected chi connectivity index (χ0v) is 7.34. The number of nitriles is 1. The lowest BCUT2D eigenvalue weighted by atomic mass is 10.7. The van der Waals surface area contributed by atoms with Gasteiger partial charge in [0, 0.05) is 0 Å². The van der Waals surface area contributed by atoms with Gasteiger partial charge in [0.15, 0.2) is 0 Å². The van der Waals surface area contributed by atoms with Crippen LogP contribution in [-0.4, -0.2) is 12.5 Å². The van der Waals surface area contributed by atoms with Gasteiger partial charge in [0.1, 0.15) is 0 Å². The van der Waals surface area contributed by atoms with E-state index in [-0.39, 0.29) is 0 Å². The Morgan fingerprint density at radius 1 is 1.50 bits per heavy atom. The van der Waals surface area contributed by atoms with E-state index < -0.39 is 0 Å². The Labute approximate surface area is 69.1 Å². The molecular weight excluding hydrogens is 164 g/mol. The van der Waals surface area contributed by atoms with Crippen molar-refractivity contribution in [3.05, 3.63) is 21.4 Å². The molecule has 0 unspecified atom stereocenters. The molecule has 0 fully saturated rings. The van der Waals surface area contributed by atoms with Crippen LogP contribution in [0.15, 0.2) is 9.93 Å². The van der Waals surface area contributed by atoms with E-state index in [1.165, 1.54) is 23.5 Å². The van der Waals surface area contributed by atoms with Crippen LogP contribution in [0.4, 0.5) is 0 Å². The van der Waals surface area contributed by atoms with E-state index in [0.29, 0.717) is 9.93 Å². The standard InChI is InChI=1S/C6H6N2S2/c1-8-6(10-3)5(4-7)9-2/h2-3H3/b6-5-. The van der Waals surface area contributed by atoms with E-state index in [0.717, 1.165) is 0 Å². The second-order valence-corrected chi connectivity index (χ2v) is 2.88. The van der Waals surface area contributed by atoms with Gasteiger partial charge in [-0.2, -0.15) is 5.26 Å². The van der Waals surface area contributed by atoms with E-state index in [9.17, 15) is 0 Å². The first-order chi connectivity index (χ1) is 4.79. The summed E-state index contributed by atoms with van der Waals surface area (Å²) in [6, 6.07) is 1.96. The third-order valence-electron chi connectivity index (χ3n) is 0.795. The largest absolute Gasteiger partial charge is 0.244 e. The molecule has 2 nitrogen and oxygen atoms in total. The lowest BCUT2D eigenvalue weighted by Gasteiger charge is -1.93. The third-order valence-corrected chi connectivity index (χ3v) is 2.30. The molecule has 0 spiro atoms. The van der Waals surface area contributed by atoms with Crippen molar-refractivity contribution in [3.63, 3.8) is 0 Å². The normalized spacial score (nSPS) is 11.2. The molecule has 0 N–H and O–H groups in total. The number of allylic oxidation sites excluding steroid dienone is 1. The second kappa shape index (κ2) is 5.22. The van der Waals surface area contributed by atoms with Gasteiger partial charge in [-0.25, -0.2) is 4.85 Å². The first-order valence-electron chi connectivity index (χ1n) is 2.40. The van der Waals surface area contributed by atoms with Crippen molar-refractivity contribution < 1.29 is 0 Å². The van der Waals surface area contributed by atoms with Gasteiger partial charge in [-0.05, 0) is 12.5 Å². The summed E-state index contributed by atoms with van der Waals surface area (Å²) in [4.78, 5) is 3.70. The second-order valence-electron chi connectivity index (χ2n) is 1.27. The molecule has 0 aromatic carbocycles. The number of hydrogen-bond acceptors (Lipinski definition) is 3. The van der Waals surface area contributed by atoms with Gasteiger partial charge in [0.05, 0.1) is 17.5 Å². The lowest BCUT2D eigenvalue weighted by Crippen LogP contribution is -1.73. The van der Waals surface area contributed by atoms with E-state index in [1.54, 1.807) is 12.5 Å². The van der Waals surface area contributed by atoms with Crippen LogP contribution in [0.1, 0.15) is 0 Å². The van der Waals surface area contributed by atoms with Gasteiger partial charge in [0.25, 0.3) is 0 Å². The zero-order chi connectivity index (χ0) is 7.98. The molecule has 0 aliphatic heterocycles. The fraction of sp³-hybridized carbons (Fsp3) is 0.333. The molecule has 0 heterocycles. The van der Waals surface area contributed by atoms with Crippen LogP contribution < -0.4 is 0 Å². The smallest absolute Gasteiger partial charge is 0.229 e. The van der Waals surface area contributed by atoms with Crippen molar-refractivity contribution in [2.24, 2.45) is 0 Å². The quantitative estimate of drug-likeness (QED) is 0.470. The van der Waals surface area contributed by atoms with Crippen LogP contribution in [-0.2, 0) is 0 Å². The van der Waals surface area contributed by atoms with Crippen molar-refractivity contribution in [3.8, 4) is 6.07 Å². The van der Waals surface area contributed by atoms with Crippen molar-refractivity contribution in [1.82, 2.24) is 0 Å². The van der Waals surface area contributed by atoms with Crippen molar-refractivity contribution in [2.75, 3.05) is 12.5 Å². The van der Waals surface area contributed by atoms with E-state index in [2.05, 4.69) is 4.85 Å². The summed E-state index contributed by atoms with van der Waals surface area (Å²) in [6.45, 7) is 6.68. The van der Waals surface area contributed by atoms with Gasteiger partial charge in [-0.3, -0.25) is 0 Å². The first-order valence-corrected chi connectivity index (χ1v) is 4.85. The molecule has 0 aliphatic carbocycles. The lowest BCUT2D eigenvalue weighted by molar-refractivity contribution is 1.52. The van der Waals surface area contributed by atoms with Gasteiger partial charge in [-0.1, -0.05) is 0 Å². The highest BCUT2D eigenvalue weighted by atomic mass is 32.2. The maximum absolute atomic E-state index is 8.47. The Hall–Kier alpha value is -0.580. The number of thioether (sulfide) groups is 2. The number of rotatable bonds is 2. The molecule has 0 radical (unpaired) electrons. The SMILES string of the molecule is [C-]#[N+]/C(SC)=C(\C#N)SC. The fourth-order valence-corrected chi connectivity index (χ4v) is 1.50. The molecule has 4 heteroatoms. The highest BCUT2D eigenvalue weighted by Crippen LogP contribution is 2.24.